The largest absolute Gasteiger partial charge is 0.463 e. The Balaban J connectivity index is 1.59. The van der Waals surface area contributed by atoms with E-state index in [0.29, 0.717) is 11.3 Å². The lowest BCUT2D eigenvalue weighted by Crippen LogP contribution is -2.32. The van der Waals surface area contributed by atoms with Crippen LogP contribution in [0, 0.1) is 0 Å². The van der Waals surface area contributed by atoms with E-state index in [1.54, 1.807) is 17.0 Å². The number of aromatic nitrogens is 1. The summed E-state index contributed by atoms with van der Waals surface area (Å²) in [6.45, 7) is 1.30. The average Bonchev–Trinajstić information content (AvgIpc) is 3.09. The molecular weight excluding hydrogens is 248 g/mol. The van der Waals surface area contributed by atoms with Crippen LogP contribution in [0.15, 0.2) is 22.8 Å². The summed E-state index contributed by atoms with van der Waals surface area (Å²) in [6, 6.07) is 3.29. The lowest BCUT2D eigenvalue weighted by Gasteiger charge is -2.14. The second-order valence-electron chi connectivity index (χ2n) is 4.55. The van der Waals surface area contributed by atoms with Gasteiger partial charge in [-0.3, -0.25) is 4.79 Å². The van der Waals surface area contributed by atoms with Gasteiger partial charge in [0.15, 0.2) is 12.2 Å². The second-order valence-corrected chi connectivity index (χ2v) is 4.55. The van der Waals surface area contributed by atoms with Gasteiger partial charge in [-0.25, -0.2) is 4.79 Å². The summed E-state index contributed by atoms with van der Waals surface area (Å²) in [7, 11) is 0. The molecule has 1 saturated heterocycles. The van der Waals surface area contributed by atoms with Crippen molar-refractivity contribution in [2.24, 2.45) is 0 Å². The van der Waals surface area contributed by atoms with Crippen molar-refractivity contribution in [1.82, 2.24) is 9.88 Å². The van der Waals surface area contributed by atoms with Crippen molar-refractivity contribution in [3.05, 3.63) is 24.1 Å². The van der Waals surface area contributed by atoms with Crippen molar-refractivity contribution in [2.45, 2.75) is 12.8 Å². The molecule has 1 aliphatic rings. The van der Waals surface area contributed by atoms with Gasteiger partial charge < -0.3 is 19.0 Å². The molecule has 1 N–H and O–H groups in total. The molecule has 0 atom stereocenters. The van der Waals surface area contributed by atoms with Crippen LogP contribution >= 0.6 is 0 Å². The van der Waals surface area contributed by atoms with Gasteiger partial charge in [0.1, 0.15) is 5.69 Å². The van der Waals surface area contributed by atoms with Crippen LogP contribution in [0.25, 0.3) is 11.1 Å². The number of nitrogens with one attached hydrogen (secondary N) is 1. The Morgan fingerprint density at radius 3 is 2.89 bits per heavy atom. The maximum absolute atomic E-state index is 11.8. The molecule has 0 unspecified atom stereocenters. The third-order valence-corrected chi connectivity index (χ3v) is 3.25. The van der Waals surface area contributed by atoms with Crippen LogP contribution in [-0.2, 0) is 9.53 Å². The minimum absolute atomic E-state index is 0.138. The van der Waals surface area contributed by atoms with E-state index >= 15 is 0 Å². The lowest BCUT2D eigenvalue weighted by molar-refractivity contribution is -0.133. The minimum Gasteiger partial charge on any atom is -0.463 e. The SMILES string of the molecule is O=C(OCC(=O)N1CCCC1)c1cc2occc2[nH]1. The number of ether oxygens (including phenoxy) is 1. The quantitative estimate of drug-likeness (QED) is 0.851. The Bertz CT molecular complexity index is 578. The highest BCUT2D eigenvalue weighted by Gasteiger charge is 2.20. The molecule has 0 spiro atoms. The molecule has 6 heteroatoms. The van der Waals surface area contributed by atoms with Gasteiger partial charge >= 0.3 is 5.97 Å². The first-order chi connectivity index (χ1) is 9.24. The Morgan fingerprint density at radius 2 is 2.16 bits per heavy atom. The van der Waals surface area contributed by atoms with Crippen LogP contribution in [0.5, 0.6) is 0 Å². The molecular formula is C13H14N2O4. The highest BCUT2D eigenvalue weighted by Crippen LogP contribution is 2.16. The molecule has 3 rings (SSSR count). The molecule has 0 saturated carbocycles. The van der Waals surface area contributed by atoms with Crippen LogP contribution in [0.3, 0.4) is 0 Å². The monoisotopic (exact) mass is 262 g/mol. The average molecular weight is 262 g/mol. The fourth-order valence-electron chi connectivity index (χ4n) is 2.22. The Labute approximate surface area is 109 Å². The molecule has 0 aromatic carbocycles. The van der Waals surface area contributed by atoms with E-state index in [2.05, 4.69) is 4.98 Å². The first kappa shape index (κ1) is 11.8. The molecule has 2 aromatic heterocycles. The highest BCUT2D eigenvalue weighted by molar-refractivity contribution is 5.94. The summed E-state index contributed by atoms with van der Waals surface area (Å²) >= 11 is 0. The van der Waals surface area contributed by atoms with Gasteiger partial charge in [-0.2, -0.15) is 0 Å². The van der Waals surface area contributed by atoms with E-state index in [1.807, 2.05) is 0 Å². The number of hydrogen-bond donors (Lipinski definition) is 1. The normalized spacial score (nSPS) is 15.1. The minimum atomic E-state index is -0.543. The molecule has 6 nitrogen and oxygen atoms in total. The zero-order valence-corrected chi connectivity index (χ0v) is 10.3. The number of rotatable bonds is 3. The van der Waals surface area contributed by atoms with Gasteiger partial charge in [0, 0.05) is 25.2 Å². The Hall–Kier alpha value is -2.24. The molecule has 0 bridgehead atoms. The molecule has 1 aliphatic heterocycles. The maximum Gasteiger partial charge on any atom is 0.355 e. The van der Waals surface area contributed by atoms with E-state index in [0.717, 1.165) is 31.4 Å². The van der Waals surface area contributed by atoms with Crippen molar-refractivity contribution in [3.63, 3.8) is 0 Å². The zero-order valence-electron chi connectivity index (χ0n) is 10.3. The number of carbonyl (C=O) groups is 2. The molecule has 0 aliphatic carbocycles. The van der Waals surface area contributed by atoms with Gasteiger partial charge in [-0.05, 0) is 12.8 Å². The number of furan rings is 1. The third-order valence-electron chi connectivity index (χ3n) is 3.25. The summed E-state index contributed by atoms with van der Waals surface area (Å²) in [4.78, 5) is 28.1. The van der Waals surface area contributed by atoms with Crippen LogP contribution < -0.4 is 0 Å². The number of aromatic amines is 1. The number of nitrogens with zero attached hydrogens (tertiary/aromatic N) is 1. The number of amides is 1. The van der Waals surface area contributed by atoms with E-state index < -0.39 is 5.97 Å². The van der Waals surface area contributed by atoms with Crippen molar-refractivity contribution >= 4 is 23.0 Å². The lowest BCUT2D eigenvalue weighted by atomic mass is 10.4. The molecule has 2 aromatic rings. The van der Waals surface area contributed by atoms with Gasteiger partial charge in [-0.15, -0.1) is 0 Å². The fraction of sp³-hybridized carbons (Fsp3) is 0.385. The Morgan fingerprint density at radius 1 is 1.37 bits per heavy atom. The topological polar surface area (TPSA) is 75.5 Å². The molecule has 100 valence electrons. The Kier molecular flexibility index (Phi) is 2.98. The smallest absolute Gasteiger partial charge is 0.355 e. The van der Waals surface area contributed by atoms with Crippen molar-refractivity contribution < 1.29 is 18.7 Å². The summed E-state index contributed by atoms with van der Waals surface area (Å²) < 4.78 is 10.1. The second kappa shape index (κ2) is 4.79. The first-order valence-electron chi connectivity index (χ1n) is 6.25. The van der Waals surface area contributed by atoms with Crippen molar-refractivity contribution in [2.75, 3.05) is 19.7 Å². The number of esters is 1. The van der Waals surface area contributed by atoms with Gasteiger partial charge in [0.25, 0.3) is 5.91 Å². The van der Waals surface area contributed by atoms with E-state index in [9.17, 15) is 9.59 Å². The number of likely N-dealkylation sites (tertiary alicyclic amines) is 1. The van der Waals surface area contributed by atoms with Crippen LogP contribution in [0.2, 0.25) is 0 Å². The molecule has 19 heavy (non-hydrogen) atoms. The fourth-order valence-corrected chi connectivity index (χ4v) is 2.22. The first-order valence-corrected chi connectivity index (χ1v) is 6.25. The predicted octanol–water partition coefficient (Wildman–Crippen LogP) is 1.54. The van der Waals surface area contributed by atoms with Crippen molar-refractivity contribution in [1.29, 1.82) is 0 Å². The molecule has 3 heterocycles. The van der Waals surface area contributed by atoms with E-state index in [1.165, 1.54) is 6.26 Å². The molecule has 1 fully saturated rings. The summed E-state index contributed by atoms with van der Waals surface area (Å²) in [5.74, 6) is -0.681. The highest BCUT2D eigenvalue weighted by atomic mass is 16.5. The predicted molar refractivity (Wildman–Crippen MR) is 66.7 cm³/mol. The van der Waals surface area contributed by atoms with Crippen LogP contribution in [-0.4, -0.2) is 41.5 Å². The van der Waals surface area contributed by atoms with Gasteiger partial charge in [-0.1, -0.05) is 0 Å². The zero-order chi connectivity index (χ0) is 13.2. The van der Waals surface area contributed by atoms with Crippen molar-refractivity contribution in [3.8, 4) is 0 Å². The summed E-state index contributed by atoms with van der Waals surface area (Å²) in [5, 5.41) is 0. The number of H-pyrrole nitrogens is 1. The van der Waals surface area contributed by atoms with E-state index in [4.69, 9.17) is 9.15 Å². The summed E-state index contributed by atoms with van der Waals surface area (Å²) in [5.41, 5.74) is 1.62. The summed E-state index contributed by atoms with van der Waals surface area (Å²) in [6.07, 6.45) is 3.58. The van der Waals surface area contributed by atoms with Crippen LogP contribution in [0.1, 0.15) is 23.3 Å². The number of fused-ring (bicyclic) bond motifs is 1. The number of carbonyl (C=O) groups excluding carboxylic acids is 2. The van der Waals surface area contributed by atoms with Gasteiger partial charge in [0.2, 0.25) is 0 Å². The molecule has 1 amide bonds. The van der Waals surface area contributed by atoms with Gasteiger partial charge in [0.05, 0.1) is 11.8 Å². The standard InChI is InChI=1S/C13H14N2O4/c16-12(15-4-1-2-5-15)8-19-13(17)10-7-11-9(14-10)3-6-18-11/h3,6-7,14H,1-2,4-5,8H2. The maximum atomic E-state index is 11.8. The van der Waals surface area contributed by atoms with Crippen LogP contribution in [0.4, 0.5) is 0 Å². The molecule has 0 radical (unpaired) electrons. The number of hydrogen-bond acceptors (Lipinski definition) is 4. The van der Waals surface area contributed by atoms with E-state index in [-0.39, 0.29) is 12.5 Å². The third kappa shape index (κ3) is 2.33.